The zero-order valence-corrected chi connectivity index (χ0v) is 15.8. The molecule has 4 heteroatoms. The van der Waals surface area contributed by atoms with Crippen LogP contribution in [0.4, 0.5) is 0 Å². The molecule has 1 unspecified atom stereocenters. The smallest absolute Gasteiger partial charge is 0.306 e. The summed E-state index contributed by atoms with van der Waals surface area (Å²) in [5, 5.41) is 17.9. The van der Waals surface area contributed by atoms with Gasteiger partial charge in [-0.15, -0.1) is 0 Å². The minimum atomic E-state index is -0.731. The summed E-state index contributed by atoms with van der Waals surface area (Å²) in [4.78, 5) is 21.7. The van der Waals surface area contributed by atoms with E-state index in [-0.39, 0.29) is 12.3 Å². The fourth-order valence-corrected chi connectivity index (χ4v) is 3.06. The van der Waals surface area contributed by atoms with Crippen LogP contribution >= 0.6 is 0 Å². The minimum Gasteiger partial charge on any atom is -0.481 e. The van der Waals surface area contributed by atoms with Crippen LogP contribution in [-0.4, -0.2) is 22.2 Å². The number of carboxylic acid groups (broad SMARTS) is 2. The molecule has 0 bridgehead atoms. The molecule has 4 nitrogen and oxygen atoms in total. The molecule has 0 amide bonds. The third-order valence-electron chi connectivity index (χ3n) is 4.63. The standard InChI is InChI=1S/C20H38O4/c1-17(2)13-9-5-3-6-10-14-18(20(23)24)15-11-7-4-8-12-16-19(21)22/h17-18H,3-16H2,1-2H3,(H,21,22)(H,23,24). The van der Waals surface area contributed by atoms with Gasteiger partial charge < -0.3 is 10.2 Å². The van der Waals surface area contributed by atoms with Crippen molar-refractivity contribution in [1.82, 2.24) is 0 Å². The lowest BCUT2D eigenvalue weighted by Gasteiger charge is -2.12. The summed E-state index contributed by atoms with van der Waals surface area (Å²) in [6.45, 7) is 4.51. The molecule has 142 valence electrons. The van der Waals surface area contributed by atoms with Gasteiger partial charge in [-0.1, -0.05) is 78.1 Å². The average molecular weight is 343 g/mol. The molecule has 0 radical (unpaired) electrons. The fourth-order valence-electron chi connectivity index (χ4n) is 3.06. The summed E-state index contributed by atoms with van der Waals surface area (Å²) < 4.78 is 0. The van der Waals surface area contributed by atoms with Crippen LogP contribution in [-0.2, 0) is 9.59 Å². The van der Waals surface area contributed by atoms with Gasteiger partial charge in [0.15, 0.2) is 0 Å². The lowest BCUT2D eigenvalue weighted by molar-refractivity contribution is -0.142. The molecular weight excluding hydrogens is 304 g/mol. The van der Waals surface area contributed by atoms with Gasteiger partial charge in [-0.2, -0.15) is 0 Å². The van der Waals surface area contributed by atoms with Crippen LogP contribution in [0.2, 0.25) is 0 Å². The minimum absolute atomic E-state index is 0.195. The molecule has 2 N–H and O–H groups in total. The maximum atomic E-state index is 11.3. The summed E-state index contributed by atoms with van der Waals surface area (Å²) >= 11 is 0. The highest BCUT2D eigenvalue weighted by Crippen LogP contribution is 2.19. The predicted octanol–water partition coefficient (Wildman–Crippen LogP) is 5.89. The largest absolute Gasteiger partial charge is 0.481 e. The Balaban J connectivity index is 3.57. The second-order valence-electron chi connectivity index (χ2n) is 7.47. The first-order valence-electron chi connectivity index (χ1n) is 9.88. The van der Waals surface area contributed by atoms with E-state index in [1.54, 1.807) is 0 Å². The first kappa shape index (κ1) is 22.9. The quantitative estimate of drug-likeness (QED) is 0.323. The Bertz CT molecular complexity index is 326. The zero-order valence-electron chi connectivity index (χ0n) is 15.8. The van der Waals surface area contributed by atoms with Gasteiger partial charge in [0.05, 0.1) is 5.92 Å². The summed E-state index contributed by atoms with van der Waals surface area (Å²) in [5.41, 5.74) is 0. The van der Waals surface area contributed by atoms with Crippen molar-refractivity contribution in [2.45, 2.75) is 104 Å². The van der Waals surface area contributed by atoms with Gasteiger partial charge in [-0.3, -0.25) is 9.59 Å². The van der Waals surface area contributed by atoms with Crippen LogP contribution in [0.3, 0.4) is 0 Å². The summed E-state index contributed by atoms with van der Waals surface area (Å²) in [6.07, 6.45) is 13.7. The van der Waals surface area contributed by atoms with Crippen LogP contribution < -0.4 is 0 Å². The van der Waals surface area contributed by atoms with Crippen molar-refractivity contribution >= 4 is 11.9 Å². The van der Waals surface area contributed by atoms with Crippen molar-refractivity contribution in [2.75, 3.05) is 0 Å². The van der Waals surface area contributed by atoms with Crippen molar-refractivity contribution in [1.29, 1.82) is 0 Å². The van der Waals surface area contributed by atoms with E-state index in [1.807, 2.05) is 0 Å². The number of carboxylic acids is 2. The van der Waals surface area contributed by atoms with Gasteiger partial charge in [0.2, 0.25) is 0 Å². The maximum absolute atomic E-state index is 11.3. The van der Waals surface area contributed by atoms with Crippen molar-refractivity contribution in [3.8, 4) is 0 Å². The lowest BCUT2D eigenvalue weighted by atomic mass is 9.94. The number of carbonyl (C=O) groups is 2. The third-order valence-corrected chi connectivity index (χ3v) is 4.63. The van der Waals surface area contributed by atoms with Crippen LogP contribution in [0.5, 0.6) is 0 Å². The SMILES string of the molecule is CC(C)CCCCCCCC(CCCCCCCC(=O)O)C(=O)O. The van der Waals surface area contributed by atoms with Crippen LogP contribution in [0.15, 0.2) is 0 Å². The predicted molar refractivity (Wildman–Crippen MR) is 98.2 cm³/mol. The molecule has 0 aliphatic carbocycles. The van der Waals surface area contributed by atoms with Gasteiger partial charge in [0, 0.05) is 6.42 Å². The van der Waals surface area contributed by atoms with Crippen LogP contribution in [0.25, 0.3) is 0 Å². The van der Waals surface area contributed by atoms with Crippen LogP contribution in [0, 0.1) is 11.8 Å². The van der Waals surface area contributed by atoms with E-state index in [0.717, 1.165) is 63.7 Å². The normalized spacial score (nSPS) is 12.5. The molecule has 0 aromatic carbocycles. The topological polar surface area (TPSA) is 74.6 Å². The summed E-state index contributed by atoms with van der Waals surface area (Å²) in [7, 11) is 0. The van der Waals surface area contributed by atoms with Gasteiger partial charge in [-0.05, 0) is 25.2 Å². The van der Waals surface area contributed by atoms with E-state index >= 15 is 0 Å². The fraction of sp³-hybridized carbons (Fsp3) is 0.900. The Kier molecular flexibility index (Phi) is 14.8. The van der Waals surface area contributed by atoms with E-state index in [2.05, 4.69) is 13.8 Å². The Morgan fingerprint density at radius 3 is 1.50 bits per heavy atom. The second kappa shape index (κ2) is 15.5. The van der Waals surface area contributed by atoms with Gasteiger partial charge in [0.25, 0.3) is 0 Å². The van der Waals surface area contributed by atoms with Crippen molar-refractivity contribution < 1.29 is 19.8 Å². The molecule has 0 aromatic rings. The molecular formula is C20H38O4. The van der Waals surface area contributed by atoms with Gasteiger partial charge in [0.1, 0.15) is 0 Å². The molecule has 1 atom stereocenters. The number of rotatable bonds is 17. The number of unbranched alkanes of at least 4 members (excludes halogenated alkanes) is 8. The first-order chi connectivity index (χ1) is 11.4. The summed E-state index contributed by atoms with van der Waals surface area (Å²) in [5.74, 6) is -0.795. The van der Waals surface area contributed by atoms with Crippen LogP contribution in [0.1, 0.15) is 104 Å². The van der Waals surface area contributed by atoms with E-state index in [0.29, 0.717) is 0 Å². The van der Waals surface area contributed by atoms with Crippen molar-refractivity contribution in [3.63, 3.8) is 0 Å². The molecule has 0 heterocycles. The molecule has 0 saturated heterocycles. The van der Waals surface area contributed by atoms with Gasteiger partial charge >= 0.3 is 11.9 Å². The highest BCUT2D eigenvalue weighted by molar-refractivity contribution is 5.69. The van der Waals surface area contributed by atoms with Crippen molar-refractivity contribution in [3.05, 3.63) is 0 Å². The monoisotopic (exact) mass is 342 g/mol. The van der Waals surface area contributed by atoms with E-state index in [9.17, 15) is 14.7 Å². The molecule has 0 saturated carbocycles. The Hall–Kier alpha value is -1.06. The number of hydrogen-bond donors (Lipinski definition) is 2. The Morgan fingerprint density at radius 1 is 0.667 bits per heavy atom. The number of aliphatic carboxylic acids is 2. The average Bonchev–Trinajstić information content (AvgIpc) is 2.50. The molecule has 0 aliphatic rings. The van der Waals surface area contributed by atoms with E-state index < -0.39 is 11.9 Å². The Labute approximate surface area is 148 Å². The third kappa shape index (κ3) is 15.8. The van der Waals surface area contributed by atoms with E-state index in [4.69, 9.17) is 5.11 Å². The highest BCUT2D eigenvalue weighted by atomic mass is 16.4. The molecule has 0 aromatic heterocycles. The van der Waals surface area contributed by atoms with Crippen molar-refractivity contribution in [2.24, 2.45) is 11.8 Å². The summed E-state index contributed by atoms with van der Waals surface area (Å²) in [6, 6.07) is 0. The number of hydrogen-bond acceptors (Lipinski definition) is 2. The molecule has 0 rings (SSSR count). The van der Waals surface area contributed by atoms with Gasteiger partial charge in [-0.25, -0.2) is 0 Å². The molecule has 0 spiro atoms. The Morgan fingerprint density at radius 2 is 1.08 bits per heavy atom. The maximum Gasteiger partial charge on any atom is 0.306 e. The second-order valence-corrected chi connectivity index (χ2v) is 7.47. The zero-order chi connectivity index (χ0) is 18.2. The molecule has 0 fully saturated rings. The molecule has 0 aliphatic heterocycles. The highest BCUT2D eigenvalue weighted by Gasteiger charge is 2.16. The van der Waals surface area contributed by atoms with E-state index in [1.165, 1.54) is 25.7 Å². The lowest BCUT2D eigenvalue weighted by Crippen LogP contribution is -2.13. The first-order valence-corrected chi connectivity index (χ1v) is 9.88. The molecule has 24 heavy (non-hydrogen) atoms.